The Morgan fingerprint density at radius 3 is 2.44 bits per heavy atom. The van der Waals surface area contributed by atoms with Crippen LogP contribution in [0, 0.1) is 5.41 Å². The van der Waals surface area contributed by atoms with Crippen LogP contribution in [0.4, 0.5) is 18.9 Å². The number of hydrogen-bond acceptors (Lipinski definition) is 3. The van der Waals surface area contributed by atoms with Gasteiger partial charge in [-0.1, -0.05) is 0 Å². The average Bonchev–Trinajstić information content (AvgIpc) is 2.15. The van der Waals surface area contributed by atoms with Gasteiger partial charge in [0.15, 0.2) is 0 Å². The molecule has 0 aromatic heterocycles. The van der Waals surface area contributed by atoms with Crippen molar-refractivity contribution in [1.82, 2.24) is 0 Å². The van der Waals surface area contributed by atoms with Gasteiger partial charge in [0.2, 0.25) is 0 Å². The van der Waals surface area contributed by atoms with Crippen molar-refractivity contribution in [3.63, 3.8) is 0 Å². The van der Waals surface area contributed by atoms with E-state index in [4.69, 9.17) is 5.41 Å². The van der Waals surface area contributed by atoms with Crippen LogP contribution < -0.4 is 10.1 Å². The first kappa shape index (κ1) is 12.4. The Bertz CT molecular complexity index is 402. The van der Waals surface area contributed by atoms with Gasteiger partial charge in [0, 0.05) is 24.0 Å². The molecule has 0 spiro atoms. The molecule has 0 saturated heterocycles. The van der Waals surface area contributed by atoms with Crippen LogP contribution in [0.1, 0.15) is 12.5 Å². The number of ether oxygens (including phenoxy) is 1. The molecule has 0 aliphatic heterocycles. The molecule has 3 nitrogen and oxygen atoms in total. The summed E-state index contributed by atoms with van der Waals surface area (Å²) in [7, 11) is 1.63. The quantitative estimate of drug-likeness (QED) is 0.787. The summed E-state index contributed by atoms with van der Waals surface area (Å²) in [6.45, 7) is 1.49. The first-order valence-electron chi connectivity index (χ1n) is 4.46. The van der Waals surface area contributed by atoms with Crippen LogP contribution in [-0.4, -0.2) is 19.1 Å². The first-order valence-corrected chi connectivity index (χ1v) is 4.46. The molecule has 6 heteroatoms. The van der Waals surface area contributed by atoms with Crippen LogP contribution in [-0.2, 0) is 0 Å². The average molecular weight is 232 g/mol. The molecule has 0 heterocycles. The van der Waals surface area contributed by atoms with Gasteiger partial charge in [-0.25, -0.2) is 0 Å². The minimum atomic E-state index is -4.71. The maximum Gasteiger partial charge on any atom is 0.573 e. The second-order valence-electron chi connectivity index (χ2n) is 3.13. The Morgan fingerprint density at radius 1 is 1.38 bits per heavy atom. The van der Waals surface area contributed by atoms with Crippen LogP contribution in [0.15, 0.2) is 18.2 Å². The lowest BCUT2D eigenvalue weighted by atomic mass is 10.1. The zero-order chi connectivity index (χ0) is 12.3. The number of alkyl halides is 3. The molecule has 0 radical (unpaired) electrons. The number of nitrogens with one attached hydrogen (secondary N) is 2. The second kappa shape index (κ2) is 4.42. The summed E-state index contributed by atoms with van der Waals surface area (Å²) in [6.07, 6.45) is -4.71. The number of anilines is 1. The molecule has 0 amide bonds. The fraction of sp³-hybridized carbons (Fsp3) is 0.300. The predicted molar refractivity (Wildman–Crippen MR) is 55.2 cm³/mol. The second-order valence-corrected chi connectivity index (χ2v) is 3.13. The predicted octanol–water partition coefficient (Wildman–Crippen LogP) is 3.01. The summed E-state index contributed by atoms with van der Waals surface area (Å²) in [5.74, 6) is -0.326. The molecule has 0 aliphatic rings. The number of rotatable bonds is 3. The number of halogens is 3. The Labute approximate surface area is 90.7 Å². The molecule has 1 rings (SSSR count). The normalized spacial score (nSPS) is 11.1. The SMILES string of the molecule is CNc1ccc(OC(F)(F)F)cc1C(C)=N. The Kier molecular flexibility index (Phi) is 3.41. The third-order valence-corrected chi connectivity index (χ3v) is 1.90. The zero-order valence-electron chi connectivity index (χ0n) is 8.77. The van der Waals surface area contributed by atoms with E-state index in [-0.39, 0.29) is 11.5 Å². The molecule has 1 aromatic carbocycles. The van der Waals surface area contributed by atoms with Crippen LogP contribution >= 0.6 is 0 Å². The van der Waals surface area contributed by atoms with Crippen LogP contribution in [0.2, 0.25) is 0 Å². The summed E-state index contributed by atoms with van der Waals surface area (Å²) in [5, 5.41) is 10.2. The first-order chi connectivity index (χ1) is 7.33. The molecule has 0 bridgehead atoms. The highest BCUT2D eigenvalue weighted by molar-refractivity contribution is 6.01. The van der Waals surface area contributed by atoms with Gasteiger partial charge in [0.05, 0.1) is 0 Å². The van der Waals surface area contributed by atoms with Gasteiger partial charge in [0.1, 0.15) is 5.75 Å². The van der Waals surface area contributed by atoms with Gasteiger partial charge in [-0.2, -0.15) is 0 Å². The van der Waals surface area contributed by atoms with Crippen LogP contribution in [0.25, 0.3) is 0 Å². The van der Waals surface area contributed by atoms with Gasteiger partial charge in [-0.3, -0.25) is 0 Å². The van der Waals surface area contributed by atoms with E-state index in [1.807, 2.05) is 0 Å². The molecular weight excluding hydrogens is 221 g/mol. The van der Waals surface area contributed by atoms with E-state index < -0.39 is 6.36 Å². The Hall–Kier alpha value is -1.72. The fourth-order valence-corrected chi connectivity index (χ4v) is 1.25. The molecule has 2 N–H and O–H groups in total. The molecule has 0 saturated carbocycles. The molecule has 0 aliphatic carbocycles. The highest BCUT2D eigenvalue weighted by Crippen LogP contribution is 2.27. The number of hydrogen-bond donors (Lipinski definition) is 2. The van der Waals surface area contributed by atoms with Gasteiger partial charge in [-0.05, 0) is 25.1 Å². The third-order valence-electron chi connectivity index (χ3n) is 1.90. The van der Waals surface area contributed by atoms with Gasteiger partial charge in [0.25, 0.3) is 0 Å². The van der Waals surface area contributed by atoms with E-state index in [2.05, 4.69) is 10.1 Å². The van der Waals surface area contributed by atoms with E-state index in [0.717, 1.165) is 0 Å². The molecule has 0 atom stereocenters. The molecule has 1 aromatic rings. The van der Waals surface area contributed by atoms with Crippen molar-refractivity contribution < 1.29 is 17.9 Å². The summed E-state index contributed by atoms with van der Waals surface area (Å²) in [4.78, 5) is 0. The maximum atomic E-state index is 12.0. The molecule has 0 fully saturated rings. The monoisotopic (exact) mass is 232 g/mol. The lowest BCUT2D eigenvalue weighted by molar-refractivity contribution is -0.274. The summed E-state index contributed by atoms with van der Waals surface area (Å²) >= 11 is 0. The van der Waals surface area contributed by atoms with Crippen molar-refractivity contribution in [2.75, 3.05) is 12.4 Å². The Morgan fingerprint density at radius 2 is 2.00 bits per heavy atom. The van der Waals surface area contributed by atoms with Gasteiger partial charge >= 0.3 is 6.36 Å². The third kappa shape index (κ3) is 3.15. The molecule has 88 valence electrons. The van der Waals surface area contributed by atoms with Crippen molar-refractivity contribution in [3.8, 4) is 5.75 Å². The standard InChI is InChI=1S/C10H11F3N2O/c1-6(14)8-5-7(16-10(11,12)13)3-4-9(8)15-2/h3-5,14-15H,1-2H3. The lowest BCUT2D eigenvalue weighted by Gasteiger charge is -2.12. The van der Waals surface area contributed by atoms with Crippen molar-refractivity contribution in [2.24, 2.45) is 0 Å². The summed E-state index contributed by atoms with van der Waals surface area (Å²) in [5.41, 5.74) is 1.13. The van der Waals surface area contributed by atoms with E-state index in [9.17, 15) is 13.2 Å². The van der Waals surface area contributed by atoms with Gasteiger partial charge < -0.3 is 15.5 Å². The minimum Gasteiger partial charge on any atom is -0.406 e. The van der Waals surface area contributed by atoms with Crippen molar-refractivity contribution >= 4 is 11.4 Å². The van der Waals surface area contributed by atoms with Crippen LogP contribution in [0.3, 0.4) is 0 Å². The number of benzene rings is 1. The van der Waals surface area contributed by atoms with E-state index in [1.54, 1.807) is 7.05 Å². The smallest absolute Gasteiger partial charge is 0.406 e. The summed E-state index contributed by atoms with van der Waals surface area (Å²) < 4.78 is 39.7. The zero-order valence-corrected chi connectivity index (χ0v) is 8.77. The summed E-state index contributed by atoms with van der Waals surface area (Å²) in [6, 6.07) is 3.82. The van der Waals surface area contributed by atoms with E-state index >= 15 is 0 Å². The van der Waals surface area contributed by atoms with Crippen LogP contribution in [0.5, 0.6) is 5.75 Å². The van der Waals surface area contributed by atoms with Gasteiger partial charge in [-0.15, -0.1) is 13.2 Å². The molecule has 0 unspecified atom stereocenters. The largest absolute Gasteiger partial charge is 0.573 e. The Balaban J connectivity index is 3.07. The topological polar surface area (TPSA) is 45.1 Å². The van der Waals surface area contributed by atoms with Crippen molar-refractivity contribution in [3.05, 3.63) is 23.8 Å². The molecule has 16 heavy (non-hydrogen) atoms. The van der Waals surface area contributed by atoms with Crippen molar-refractivity contribution in [2.45, 2.75) is 13.3 Å². The fourth-order valence-electron chi connectivity index (χ4n) is 1.25. The lowest BCUT2D eigenvalue weighted by Crippen LogP contribution is -2.17. The molecular formula is C10H11F3N2O. The van der Waals surface area contributed by atoms with E-state index in [1.165, 1.54) is 25.1 Å². The minimum absolute atomic E-state index is 0.164. The van der Waals surface area contributed by atoms with Crippen molar-refractivity contribution in [1.29, 1.82) is 5.41 Å². The van der Waals surface area contributed by atoms with E-state index in [0.29, 0.717) is 11.3 Å². The maximum absolute atomic E-state index is 12.0. The highest BCUT2D eigenvalue weighted by atomic mass is 19.4. The highest BCUT2D eigenvalue weighted by Gasteiger charge is 2.31.